The lowest BCUT2D eigenvalue weighted by Crippen LogP contribution is -1.98. The second kappa shape index (κ2) is 4.28. The number of aryl methyl sites for hydroxylation is 1. The third kappa shape index (κ3) is 1.74. The Morgan fingerprint density at radius 2 is 2.00 bits per heavy atom. The van der Waals surface area contributed by atoms with Crippen molar-refractivity contribution in [2.45, 2.75) is 6.92 Å². The summed E-state index contributed by atoms with van der Waals surface area (Å²) in [5, 5.41) is 9.69. The van der Waals surface area contributed by atoms with Gasteiger partial charge in [-0.2, -0.15) is 0 Å². The van der Waals surface area contributed by atoms with Gasteiger partial charge in [0.25, 0.3) is 0 Å². The molecule has 0 bridgehead atoms. The topological polar surface area (TPSA) is 63.3 Å². The first-order valence-electron chi connectivity index (χ1n) is 6.62. The largest absolute Gasteiger partial charge is 0.508 e. The summed E-state index contributed by atoms with van der Waals surface area (Å²) in [6.45, 7) is 1.95. The molecule has 3 aromatic heterocycles. The maximum absolute atomic E-state index is 9.69. The van der Waals surface area contributed by atoms with Crippen molar-refractivity contribution < 1.29 is 5.11 Å². The number of benzene rings is 1. The van der Waals surface area contributed by atoms with Crippen LogP contribution in [0.3, 0.4) is 0 Å². The average molecular weight is 276 g/mol. The normalized spacial score (nSPS) is 11.3. The number of pyridine rings is 1. The number of hydrogen-bond acceptors (Lipinski definition) is 4. The first-order chi connectivity index (χ1) is 10.2. The fraction of sp³-hybridized carbons (Fsp3) is 0.0625. The van der Waals surface area contributed by atoms with E-state index < -0.39 is 0 Å². The molecule has 3 heterocycles. The Labute approximate surface area is 120 Å². The number of imidazole rings is 1. The predicted octanol–water partition coefficient (Wildman–Crippen LogP) is 2.96. The molecule has 0 radical (unpaired) electrons. The highest BCUT2D eigenvalue weighted by Gasteiger charge is 2.13. The van der Waals surface area contributed by atoms with Crippen molar-refractivity contribution in [2.24, 2.45) is 0 Å². The third-order valence-electron chi connectivity index (χ3n) is 3.50. The van der Waals surface area contributed by atoms with E-state index in [4.69, 9.17) is 0 Å². The Hall–Kier alpha value is -2.95. The number of phenolic OH excluding ortho intramolecular Hbond substituents is 1. The van der Waals surface area contributed by atoms with Gasteiger partial charge in [0.1, 0.15) is 17.1 Å². The van der Waals surface area contributed by atoms with Gasteiger partial charge in [-0.25, -0.2) is 15.0 Å². The van der Waals surface area contributed by atoms with Crippen LogP contribution in [0.15, 0.2) is 48.8 Å². The van der Waals surface area contributed by atoms with E-state index in [-0.39, 0.29) is 5.75 Å². The predicted molar refractivity (Wildman–Crippen MR) is 80.1 cm³/mol. The number of nitrogens with zero attached hydrogens (tertiary/aromatic N) is 4. The lowest BCUT2D eigenvalue weighted by Gasteiger charge is -2.07. The molecule has 4 aromatic rings. The van der Waals surface area contributed by atoms with Gasteiger partial charge in [0.15, 0.2) is 5.65 Å². The standard InChI is InChI=1S/C16H12N4O/c1-10-14-9-18-15(11-4-2-5-12(21)8-11)20(14)16-13(19-10)6-3-7-17-16/h2-9,21H,1H3. The van der Waals surface area contributed by atoms with Gasteiger partial charge in [0.2, 0.25) is 0 Å². The van der Waals surface area contributed by atoms with Crippen molar-refractivity contribution in [2.75, 3.05) is 0 Å². The van der Waals surface area contributed by atoms with Crippen LogP contribution in [0, 0.1) is 6.92 Å². The maximum atomic E-state index is 9.69. The quantitative estimate of drug-likeness (QED) is 0.580. The monoisotopic (exact) mass is 276 g/mol. The minimum atomic E-state index is 0.215. The Bertz CT molecular complexity index is 975. The van der Waals surface area contributed by atoms with Crippen molar-refractivity contribution in [3.05, 3.63) is 54.5 Å². The Morgan fingerprint density at radius 3 is 2.86 bits per heavy atom. The van der Waals surface area contributed by atoms with E-state index in [1.54, 1.807) is 30.6 Å². The molecule has 5 heteroatoms. The summed E-state index contributed by atoms with van der Waals surface area (Å²) in [4.78, 5) is 13.5. The molecule has 0 atom stereocenters. The molecule has 0 unspecified atom stereocenters. The fourth-order valence-electron chi connectivity index (χ4n) is 2.56. The molecule has 0 fully saturated rings. The van der Waals surface area contributed by atoms with Gasteiger partial charge in [-0.15, -0.1) is 0 Å². The number of phenols is 1. The highest BCUT2D eigenvalue weighted by molar-refractivity contribution is 5.79. The molecule has 0 amide bonds. The smallest absolute Gasteiger partial charge is 0.164 e. The van der Waals surface area contributed by atoms with Gasteiger partial charge in [-0.1, -0.05) is 12.1 Å². The van der Waals surface area contributed by atoms with E-state index in [9.17, 15) is 5.11 Å². The summed E-state index contributed by atoms with van der Waals surface area (Å²) in [7, 11) is 0. The van der Waals surface area contributed by atoms with Crippen LogP contribution in [-0.4, -0.2) is 24.5 Å². The van der Waals surface area contributed by atoms with Crippen molar-refractivity contribution in [3.8, 4) is 17.1 Å². The molecule has 4 rings (SSSR count). The highest BCUT2D eigenvalue weighted by atomic mass is 16.3. The second-order valence-electron chi connectivity index (χ2n) is 4.90. The van der Waals surface area contributed by atoms with Crippen LogP contribution in [0.4, 0.5) is 0 Å². The van der Waals surface area contributed by atoms with E-state index in [0.717, 1.165) is 33.8 Å². The van der Waals surface area contributed by atoms with Crippen LogP contribution in [0.1, 0.15) is 5.69 Å². The van der Waals surface area contributed by atoms with Crippen molar-refractivity contribution >= 4 is 16.7 Å². The summed E-state index contributed by atoms with van der Waals surface area (Å²) < 4.78 is 1.98. The average Bonchev–Trinajstić information content (AvgIpc) is 2.93. The molecule has 0 aliphatic heterocycles. The molecule has 1 aromatic carbocycles. The van der Waals surface area contributed by atoms with Gasteiger partial charge in [-0.3, -0.25) is 4.40 Å². The van der Waals surface area contributed by atoms with Gasteiger partial charge < -0.3 is 5.11 Å². The zero-order valence-corrected chi connectivity index (χ0v) is 11.4. The SMILES string of the molecule is Cc1nc2cccnc2n2c(-c3cccc(O)c3)ncc12. The molecular weight excluding hydrogens is 264 g/mol. The molecule has 0 aliphatic rings. The molecule has 21 heavy (non-hydrogen) atoms. The van der Waals surface area contributed by atoms with E-state index in [1.807, 2.05) is 29.5 Å². The molecule has 102 valence electrons. The summed E-state index contributed by atoms with van der Waals surface area (Å²) in [6.07, 6.45) is 3.53. The van der Waals surface area contributed by atoms with Crippen LogP contribution in [0.5, 0.6) is 5.75 Å². The molecule has 1 N–H and O–H groups in total. The lowest BCUT2D eigenvalue weighted by atomic mass is 10.2. The van der Waals surface area contributed by atoms with E-state index in [2.05, 4.69) is 15.0 Å². The van der Waals surface area contributed by atoms with Crippen LogP contribution < -0.4 is 0 Å². The highest BCUT2D eigenvalue weighted by Crippen LogP contribution is 2.26. The fourth-order valence-corrected chi connectivity index (χ4v) is 2.56. The second-order valence-corrected chi connectivity index (χ2v) is 4.90. The van der Waals surface area contributed by atoms with Gasteiger partial charge in [-0.05, 0) is 31.2 Å². The molecule has 0 aliphatic carbocycles. The zero-order chi connectivity index (χ0) is 14.4. The zero-order valence-electron chi connectivity index (χ0n) is 11.4. The Morgan fingerprint density at radius 1 is 1.10 bits per heavy atom. The van der Waals surface area contributed by atoms with Gasteiger partial charge in [0.05, 0.1) is 17.4 Å². The number of hydrogen-bond donors (Lipinski definition) is 1. The molecular formula is C16H12N4O. The van der Waals surface area contributed by atoms with Gasteiger partial charge >= 0.3 is 0 Å². The van der Waals surface area contributed by atoms with E-state index in [1.165, 1.54) is 0 Å². The van der Waals surface area contributed by atoms with Crippen LogP contribution >= 0.6 is 0 Å². The van der Waals surface area contributed by atoms with Crippen LogP contribution in [0.2, 0.25) is 0 Å². The number of aromatic hydroxyl groups is 1. The Kier molecular flexibility index (Phi) is 2.41. The summed E-state index contributed by atoms with van der Waals surface area (Å²) in [5.74, 6) is 0.961. The molecule has 5 nitrogen and oxygen atoms in total. The lowest BCUT2D eigenvalue weighted by molar-refractivity contribution is 0.475. The molecule has 0 spiro atoms. The van der Waals surface area contributed by atoms with Crippen LogP contribution in [0.25, 0.3) is 28.1 Å². The summed E-state index contributed by atoms with van der Waals surface area (Å²) >= 11 is 0. The third-order valence-corrected chi connectivity index (χ3v) is 3.50. The Balaban J connectivity index is 2.16. The van der Waals surface area contributed by atoms with Gasteiger partial charge in [0, 0.05) is 11.8 Å². The molecule has 0 saturated heterocycles. The summed E-state index contributed by atoms with van der Waals surface area (Å²) in [6, 6.07) is 10.8. The minimum Gasteiger partial charge on any atom is -0.508 e. The number of fused-ring (bicyclic) bond motifs is 3. The molecule has 0 saturated carbocycles. The maximum Gasteiger partial charge on any atom is 0.164 e. The van der Waals surface area contributed by atoms with Crippen molar-refractivity contribution in [1.82, 2.24) is 19.4 Å². The number of rotatable bonds is 1. The number of aromatic nitrogens is 4. The van der Waals surface area contributed by atoms with Crippen LogP contribution in [-0.2, 0) is 0 Å². The first-order valence-corrected chi connectivity index (χ1v) is 6.62. The minimum absolute atomic E-state index is 0.215. The van der Waals surface area contributed by atoms with Crippen molar-refractivity contribution in [1.29, 1.82) is 0 Å². The van der Waals surface area contributed by atoms with E-state index in [0.29, 0.717) is 0 Å². The van der Waals surface area contributed by atoms with Crippen molar-refractivity contribution in [3.63, 3.8) is 0 Å². The first kappa shape index (κ1) is 11.8. The summed E-state index contributed by atoms with van der Waals surface area (Å²) in [5.41, 5.74) is 4.23. The van der Waals surface area contributed by atoms with E-state index >= 15 is 0 Å².